The normalized spacial score (nSPS) is 10.6. The monoisotopic (exact) mass is 297 g/mol. The SMILES string of the molecule is COc1ccc(NC(=O)/C(C#N)=C\NCc2ccco2)cc1. The van der Waals surface area contributed by atoms with Crippen molar-refractivity contribution in [2.75, 3.05) is 12.4 Å². The fraction of sp³-hybridized carbons (Fsp3) is 0.125. The molecule has 1 aromatic heterocycles. The van der Waals surface area contributed by atoms with Gasteiger partial charge in [-0.2, -0.15) is 5.26 Å². The van der Waals surface area contributed by atoms with Crippen molar-refractivity contribution < 1.29 is 13.9 Å². The quantitative estimate of drug-likeness (QED) is 0.631. The summed E-state index contributed by atoms with van der Waals surface area (Å²) in [5.74, 6) is 0.915. The fourth-order valence-corrected chi connectivity index (χ4v) is 1.69. The van der Waals surface area contributed by atoms with Crippen LogP contribution < -0.4 is 15.4 Å². The third-order valence-electron chi connectivity index (χ3n) is 2.82. The topological polar surface area (TPSA) is 87.3 Å². The van der Waals surface area contributed by atoms with E-state index in [1.165, 1.54) is 6.20 Å². The van der Waals surface area contributed by atoms with Crippen molar-refractivity contribution in [3.05, 3.63) is 60.2 Å². The van der Waals surface area contributed by atoms with Crippen molar-refractivity contribution >= 4 is 11.6 Å². The molecule has 2 aromatic rings. The lowest BCUT2D eigenvalue weighted by Gasteiger charge is -2.06. The van der Waals surface area contributed by atoms with E-state index in [0.29, 0.717) is 23.7 Å². The Labute approximate surface area is 128 Å². The lowest BCUT2D eigenvalue weighted by Crippen LogP contribution is -2.16. The van der Waals surface area contributed by atoms with E-state index in [9.17, 15) is 4.79 Å². The summed E-state index contributed by atoms with van der Waals surface area (Å²) in [6.45, 7) is 0.397. The standard InChI is InChI=1S/C16H15N3O3/c1-21-14-6-4-13(5-7-14)19-16(20)12(9-17)10-18-11-15-3-2-8-22-15/h2-8,10,18H,11H2,1H3,(H,19,20)/b12-10-. The Morgan fingerprint density at radius 2 is 2.14 bits per heavy atom. The Bertz CT molecular complexity index is 682. The molecule has 6 heteroatoms. The zero-order valence-corrected chi connectivity index (χ0v) is 12.0. The molecule has 6 nitrogen and oxygen atoms in total. The number of nitrogens with one attached hydrogen (secondary N) is 2. The van der Waals surface area contributed by atoms with E-state index in [4.69, 9.17) is 14.4 Å². The summed E-state index contributed by atoms with van der Waals surface area (Å²) < 4.78 is 10.2. The molecule has 1 aromatic carbocycles. The van der Waals surface area contributed by atoms with E-state index in [2.05, 4.69) is 10.6 Å². The van der Waals surface area contributed by atoms with Gasteiger partial charge < -0.3 is 19.8 Å². The number of hydrogen-bond acceptors (Lipinski definition) is 5. The van der Waals surface area contributed by atoms with Gasteiger partial charge in [0.1, 0.15) is 23.2 Å². The summed E-state index contributed by atoms with van der Waals surface area (Å²) in [5.41, 5.74) is 0.556. The van der Waals surface area contributed by atoms with Crippen molar-refractivity contribution in [2.45, 2.75) is 6.54 Å². The van der Waals surface area contributed by atoms with E-state index in [-0.39, 0.29) is 5.57 Å². The first-order chi connectivity index (χ1) is 10.7. The van der Waals surface area contributed by atoms with Gasteiger partial charge in [0.25, 0.3) is 5.91 Å². The van der Waals surface area contributed by atoms with Crippen LogP contribution in [-0.2, 0) is 11.3 Å². The molecule has 0 aliphatic carbocycles. The molecule has 0 saturated heterocycles. The largest absolute Gasteiger partial charge is 0.497 e. The molecule has 112 valence electrons. The molecule has 0 fully saturated rings. The zero-order chi connectivity index (χ0) is 15.8. The number of carbonyl (C=O) groups is 1. The molecular weight excluding hydrogens is 282 g/mol. The number of hydrogen-bond donors (Lipinski definition) is 2. The number of methoxy groups -OCH3 is 1. The van der Waals surface area contributed by atoms with Gasteiger partial charge in [0.15, 0.2) is 0 Å². The van der Waals surface area contributed by atoms with Crippen LogP contribution in [0.3, 0.4) is 0 Å². The summed E-state index contributed by atoms with van der Waals surface area (Å²) in [7, 11) is 1.56. The van der Waals surface area contributed by atoms with Crippen LogP contribution in [0.5, 0.6) is 5.75 Å². The molecule has 0 radical (unpaired) electrons. The molecular formula is C16H15N3O3. The van der Waals surface area contributed by atoms with Crippen LogP contribution in [0.15, 0.2) is 58.9 Å². The second kappa shape index (κ2) is 7.55. The van der Waals surface area contributed by atoms with Gasteiger partial charge in [0.2, 0.25) is 0 Å². The highest BCUT2D eigenvalue weighted by molar-refractivity contribution is 6.06. The van der Waals surface area contributed by atoms with Crippen molar-refractivity contribution in [1.29, 1.82) is 5.26 Å². The Kier molecular flexibility index (Phi) is 5.21. The second-order valence-electron chi connectivity index (χ2n) is 4.31. The lowest BCUT2D eigenvalue weighted by molar-refractivity contribution is -0.112. The first kappa shape index (κ1) is 15.2. The number of furan rings is 1. The molecule has 0 atom stereocenters. The summed E-state index contributed by atoms with van der Waals surface area (Å²) in [6.07, 6.45) is 2.92. The number of carbonyl (C=O) groups excluding carboxylic acids is 1. The first-order valence-electron chi connectivity index (χ1n) is 6.54. The number of ether oxygens (including phenoxy) is 1. The molecule has 2 rings (SSSR count). The van der Waals surface area contributed by atoms with Crippen molar-refractivity contribution in [3.8, 4) is 11.8 Å². The minimum absolute atomic E-state index is 0.0256. The minimum Gasteiger partial charge on any atom is -0.497 e. The smallest absolute Gasteiger partial charge is 0.267 e. The number of anilines is 1. The molecule has 2 N–H and O–H groups in total. The number of rotatable bonds is 6. The summed E-state index contributed by atoms with van der Waals surface area (Å²) in [4.78, 5) is 12.0. The maximum absolute atomic E-state index is 12.0. The minimum atomic E-state index is -0.486. The molecule has 0 spiro atoms. The first-order valence-corrected chi connectivity index (χ1v) is 6.54. The van der Waals surface area contributed by atoms with Gasteiger partial charge in [0.05, 0.1) is 19.9 Å². The molecule has 1 amide bonds. The molecule has 0 saturated carbocycles. The summed E-state index contributed by atoms with van der Waals surface area (Å²) in [5, 5.41) is 14.6. The highest BCUT2D eigenvalue weighted by Crippen LogP contribution is 2.15. The maximum atomic E-state index is 12.0. The average Bonchev–Trinajstić information content (AvgIpc) is 3.05. The van der Waals surface area contributed by atoms with Crippen molar-refractivity contribution in [3.63, 3.8) is 0 Å². The van der Waals surface area contributed by atoms with Crippen LogP contribution in [0.1, 0.15) is 5.76 Å². The van der Waals surface area contributed by atoms with Gasteiger partial charge in [-0.1, -0.05) is 0 Å². The van der Waals surface area contributed by atoms with Crippen LogP contribution in [0.4, 0.5) is 5.69 Å². The highest BCUT2D eigenvalue weighted by atomic mass is 16.5. The Morgan fingerprint density at radius 3 is 2.73 bits per heavy atom. The highest BCUT2D eigenvalue weighted by Gasteiger charge is 2.09. The van der Waals surface area contributed by atoms with Crippen LogP contribution >= 0.6 is 0 Å². The van der Waals surface area contributed by atoms with Crippen LogP contribution in [-0.4, -0.2) is 13.0 Å². The third kappa shape index (κ3) is 4.15. The van der Waals surface area contributed by atoms with Gasteiger partial charge >= 0.3 is 0 Å². The predicted molar refractivity (Wildman–Crippen MR) is 80.9 cm³/mol. The zero-order valence-electron chi connectivity index (χ0n) is 12.0. The van der Waals surface area contributed by atoms with Gasteiger partial charge in [-0.3, -0.25) is 4.79 Å². The van der Waals surface area contributed by atoms with Crippen molar-refractivity contribution in [2.24, 2.45) is 0 Å². The van der Waals surface area contributed by atoms with Gasteiger partial charge in [-0.05, 0) is 36.4 Å². The molecule has 0 bridgehead atoms. The predicted octanol–water partition coefficient (Wildman–Crippen LogP) is 2.42. The molecule has 22 heavy (non-hydrogen) atoms. The number of nitrogens with zero attached hydrogens (tertiary/aromatic N) is 1. The molecule has 1 heterocycles. The number of amides is 1. The van der Waals surface area contributed by atoms with E-state index in [1.54, 1.807) is 49.8 Å². The van der Waals surface area contributed by atoms with Crippen LogP contribution in [0, 0.1) is 11.3 Å². The van der Waals surface area contributed by atoms with Crippen molar-refractivity contribution in [1.82, 2.24) is 5.32 Å². The van der Waals surface area contributed by atoms with E-state index in [0.717, 1.165) is 0 Å². The Morgan fingerprint density at radius 1 is 1.36 bits per heavy atom. The van der Waals surface area contributed by atoms with E-state index < -0.39 is 5.91 Å². The van der Waals surface area contributed by atoms with Gasteiger partial charge in [-0.15, -0.1) is 0 Å². The van der Waals surface area contributed by atoms with E-state index >= 15 is 0 Å². The fourth-order valence-electron chi connectivity index (χ4n) is 1.69. The lowest BCUT2D eigenvalue weighted by atomic mass is 10.2. The second-order valence-corrected chi connectivity index (χ2v) is 4.31. The Balaban J connectivity index is 1.94. The summed E-state index contributed by atoms with van der Waals surface area (Å²) >= 11 is 0. The van der Waals surface area contributed by atoms with Crippen LogP contribution in [0.2, 0.25) is 0 Å². The molecule has 0 unspecified atom stereocenters. The third-order valence-corrected chi connectivity index (χ3v) is 2.82. The summed E-state index contributed by atoms with van der Waals surface area (Å²) in [6, 6.07) is 12.3. The average molecular weight is 297 g/mol. The maximum Gasteiger partial charge on any atom is 0.267 e. The number of nitriles is 1. The Hall–Kier alpha value is -3.20. The van der Waals surface area contributed by atoms with E-state index in [1.807, 2.05) is 6.07 Å². The molecule has 0 aliphatic heterocycles. The number of benzene rings is 1. The van der Waals surface area contributed by atoms with Gasteiger partial charge in [0, 0.05) is 11.9 Å². The van der Waals surface area contributed by atoms with Gasteiger partial charge in [-0.25, -0.2) is 0 Å². The van der Waals surface area contributed by atoms with Crippen LogP contribution in [0.25, 0.3) is 0 Å². The molecule has 0 aliphatic rings.